The third-order valence-corrected chi connectivity index (χ3v) is 5.67. The van der Waals surface area contributed by atoms with Crippen LogP contribution in [0.15, 0.2) is 47.4 Å². The number of rotatable bonds is 9. The van der Waals surface area contributed by atoms with Gasteiger partial charge in [-0.25, -0.2) is 8.42 Å². The molecule has 0 aromatic heterocycles. The fourth-order valence-corrected chi connectivity index (χ4v) is 3.72. The number of nitro groups is 1. The number of nitrogens with zero attached hydrogens (tertiary/aromatic N) is 2. The summed E-state index contributed by atoms with van der Waals surface area (Å²) in [5.41, 5.74) is -0.0689. The number of hydrogen-bond donors (Lipinski definition) is 2. The lowest BCUT2D eigenvalue weighted by atomic mass is 10.1. The maximum atomic E-state index is 12.5. The summed E-state index contributed by atoms with van der Waals surface area (Å²) in [4.78, 5) is 23.9. The number of phenolic OH excluding ortho intramolecular Hbond substituents is 1. The lowest BCUT2D eigenvalue weighted by Gasteiger charge is -2.20. The van der Waals surface area contributed by atoms with Gasteiger partial charge in [-0.1, -0.05) is 13.3 Å². The van der Waals surface area contributed by atoms with Crippen molar-refractivity contribution in [1.82, 2.24) is 4.90 Å². The van der Waals surface area contributed by atoms with Gasteiger partial charge >= 0.3 is 5.69 Å². The summed E-state index contributed by atoms with van der Waals surface area (Å²) >= 11 is 0. The minimum absolute atomic E-state index is 0.135. The Balaban J connectivity index is 2.19. The van der Waals surface area contributed by atoms with Gasteiger partial charge in [0.15, 0.2) is 5.75 Å². The largest absolute Gasteiger partial charge is 0.502 e. The number of benzene rings is 2. The number of carbonyl (C=O) groups excluding carboxylic acids is 1. The van der Waals surface area contributed by atoms with Crippen molar-refractivity contribution >= 4 is 27.3 Å². The summed E-state index contributed by atoms with van der Waals surface area (Å²) in [6, 6.07) is 8.74. The van der Waals surface area contributed by atoms with E-state index >= 15 is 0 Å². The van der Waals surface area contributed by atoms with Crippen LogP contribution in [0.2, 0.25) is 0 Å². The third kappa shape index (κ3) is 5.44. The van der Waals surface area contributed by atoms with Crippen LogP contribution < -0.4 is 4.72 Å². The van der Waals surface area contributed by atoms with Crippen molar-refractivity contribution in [3.63, 3.8) is 0 Å². The Kier molecular flexibility index (Phi) is 7.16. The normalized spacial score (nSPS) is 11.1. The highest BCUT2D eigenvalue weighted by Gasteiger charge is 2.21. The van der Waals surface area contributed by atoms with E-state index in [1.807, 2.05) is 13.8 Å². The average Bonchev–Trinajstić information content (AvgIpc) is 2.68. The van der Waals surface area contributed by atoms with E-state index < -0.39 is 26.4 Å². The molecule has 0 heterocycles. The van der Waals surface area contributed by atoms with E-state index in [1.165, 1.54) is 24.3 Å². The number of unbranched alkanes of at least 4 members (excludes halogenated alkanes) is 1. The number of hydrogen-bond acceptors (Lipinski definition) is 6. The number of anilines is 1. The van der Waals surface area contributed by atoms with Gasteiger partial charge in [0.2, 0.25) is 0 Å². The Morgan fingerprint density at radius 2 is 1.83 bits per heavy atom. The molecule has 2 N–H and O–H groups in total. The fraction of sp³-hybridized carbons (Fsp3) is 0.316. The number of aromatic hydroxyl groups is 1. The highest BCUT2D eigenvalue weighted by atomic mass is 32.2. The molecule has 0 bridgehead atoms. The van der Waals surface area contributed by atoms with E-state index in [4.69, 9.17) is 0 Å². The van der Waals surface area contributed by atoms with Crippen molar-refractivity contribution in [2.75, 3.05) is 17.8 Å². The van der Waals surface area contributed by atoms with E-state index in [0.29, 0.717) is 18.7 Å². The van der Waals surface area contributed by atoms with Crippen LogP contribution in [0.4, 0.5) is 11.4 Å². The maximum absolute atomic E-state index is 12.5. The molecular weight excluding hydrogens is 398 g/mol. The Labute approximate surface area is 169 Å². The van der Waals surface area contributed by atoms with Crippen LogP contribution in [0.5, 0.6) is 5.75 Å². The monoisotopic (exact) mass is 421 g/mol. The standard InChI is InChI=1S/C19H23N3O6S/c1-3-5-12-21(4-2)19(24)14-6-8-15(9-7-14)20-29(27,28)16-10-11-18(23)17(13-16)22(25)26/h6-11,13,20,23H,3-5,12H2,1-2H3. The Bertz CT molecular complexity index is 990. The molecule has 0 atom stereocenters. The van der Waals surface area contributed by atoms with Gasteiger partial charge < -0.3 is 10.0 Å². The van der Waals surface area contributed by atoms with E-state index in [9.17, 15) is 28.4 Å². The number of sulfonamides is 1. The molecule has 0 unspecified atom stereocenters. The minimum atomic E-state index is -4.11. The van der Waals surface area contributed by atoms with Gasteiger partial charge in [-0.05, 0) is 49.7 Å². The molecule has 0 aliphatic heterocycles. The SMILES string of the molecule is CCCCN(CC)C(=O)c1ccc(NS(=O)(=O)c2ccc(O)c([N+](=O)[O-])c2)cc1. The first kappa shape index (κ1) is 22.2. The minimum Gasteiger partial charge on any atom is -0.502 e. The molecule has 0 spiro atoms. The van der Waals surface area contributed by atoms with Crippen molar-refractivity contribution in [2.24, 2.45) is 0 Å². The van der Waals surface area contributed by atoms with Gasteiger partial charge in [-0.3, -0.25) is 19.6 Å². The van der Waals surface area contributed by atoms with Crippen LogP contribution in [-0.4, -0.2) is 42.3 Å². The van der Waals surface area contributed by atoms with Gasteiger partial charge in [-0.15, -0.1) is 0 Å². The lowest BCUT2D eigenvalue weighted by Crippen LogP contribution is -2.31. The van der Waals surface area contributed by atoms with Gasteiger partial charge in [0.25, 0.3) is 15.9 Å². The number of nitro benzene ring substituents is 1. The van der Waals surface area contributed by atoms with Gasteiger partial charge in [0, 0.05) is 30.4 Å². The van der Waals surface area contributed by atoms with E-state index in [-0.39, 0.29) is 16.5 Å². The summed E-state index contributed by atoms with van der Waals surface area (Å²) < 4.78 is 27.3. The molecule has 0 saturated carbocycles. The van der Waals surface area contributed by atoms with Crippen molar-refractivity contribution in [3.8, 4) is 5.75 Å². The molecule has 2 rings (SSSR count). The van der Waals surface area contributed by atoms with Crippen molar-refractivity contribution in [2.45, 2.75) is 31.6 Å². The summed E-state index contributed by atoms with van der Waals surface area (Å²) in [5, 5.41) is 20.4. The second-order valence-electron chi connectivity index (χ2n) is 6.33. The van der Waals surface area contributed by atoms with Crippen molar-refractivity contribution in [1.29, 1.82) is 0 Å². The first-order valence-electron chi connectivity index (χ1n) is 9.09. The fourth-order valence-electron chi connectivity index (χ4n) is 2.65. The molecule has 2 aromatic carbocycles. The summed E-state index contributed by atoms with van der Waals surface area (Å²) in [5.74, 6) is -0.759. The van der Waals surface area contributed by atoms with Gasteiger partial charge in [0.05, 0.1) is 9.82 Å². The van der Waals surface area contributed by atoms with Crippen LogP contribution in [0.1, 0.15) is 37.0 Å². The number of carbonyl (C=O) groups is 1. The second-order valence-corrected chi connectivity index (χ2v) is 8.01. The van der Waals surface area contributed by atoms with Gasteiger partial charge in [0.1, 0.15) is 0 Å². The van der Waals surface area contributed by atoms with Crippen molar-refractivity contribution < 1.29 is 23.2 Å². The Morgan fingerprint density at radius 1 is 1.17 bits per heavy atom. The molecule has 0 aliphatic rings. The molecular formula is C19H23N3O6S. The molecule has 156 valence electrons. The number of phenols is 1. The quantitative estimate of drug-likeness (QED) is 0.472. The molecule has 0 radical (unpaired) electrons. The highest BCUT2D eigenvalue weighted by molar-refractivity contribution is 7.92. The topological polar surface area (TPSA) is 130 Å². The highest BCUT2D eigenvalue weighted by Crippen LogP contribution is 2.29. The molecule has 10 heteroatoms. The lowest BCUT2D eigenvalue weighted by molar-refractivity contribution is -0.386. The maximum Gasteiger partial charge on any atom is 0.312 e. The number of amides is 1. The van der Waals surface area contributed by atoms with Crippen LogP contribution >= 0.6 is 0 Å². The first-order valence-corrected chi connectivity index (χ1v) is 10.6. The van der Waals surface area contributed by atoms with Crippen LogP contribution in [0, 0.1) is 10.1 Å². The summed E-state index contributed by atoms with van der Waals surface area (Å²) in [6.45, 7) is 5.17. The summed E-state index contributed by atoms with van der Waals surface area (Å²) in [7, 11) is -4.11. The third-order valence-electron chi connectivity index (χ3n) is 4.29. The van der Waals surface area contributed by atoms with Crippen LogP contribution in [-0.2, 0) is 10.0 Å². The van der Waals surface area contributed by atoms with Gasteiger partial charge in [-0.2, -0.15) is 0 Å². The smallest absolute Gasteiger partial charge is 0.312 e. The zero-order chi connectivity index (χ0) is 21.6. The molecule has 29 heavy (non-hydrogen) atoms. The summed E-state index contributed by atoms with van der Waals surface area (Å²) in [6.07, 6.45) is 1.87. The molecule has 1 amide bonds. The number of nitrogens with one attached hydrogen (secondary N) is 1. The van der Waals surface area contributed by atoms with Crippen LogP contribution in [0.25, 0.3) is 0 Å². The van der Waals surface area contributed by atoms with E-state index in [2.05, 4.69) is 4.72 Å². The molecule has 0 aliphatic carbocycles. The molecule has 0 saturated heterocycles. The van der Waals surface area contributed by atoms with E-state index in [1.54, 1.807) is 4.90 Å². The average molecular weight is 421 g/mol. The predicted molar refractivity (Wildman–Crippen MR) is 108 cm³/mol. The first-order chi connectivity index (χ1) is 13.7. The molecule has 0 fully saturated rings. The zero-order valence-corrected chi connectivity index (χ0v) is 17.0. The van der Waals surface area contributed by atoms with Crippen LogP contribution in [0.3, 0.4) is 0 Å². The molecule has 9 nitrogen and oxygen atoms in total. The Morgan fingerprint density at radius 3 is 2.38 bits per heavy atom. The zero-order valence-electron chi connectivity index (χ0n) is 16.2. The Hall–Kier alpha value is -3.14. The van der Waals surface area contributed by atoms with Crippen molar-refractivity contribution in [3.05, 3.63) is 58.1 Å². The predicted octanol–water partition coefficient (Wildman–Crippen LogP) is 3.36. The second kappa shape index (κ2) is 9.37. The van der Waals surface area contributed by atoms with E-state index in [0.717, 1.165) is 31.0 Å². The molecule has 2 aromatic rings.